The van der Waals surface area contributed by atoms with E-state index in [2.05, 4.69) is 9.62 Å². The summed E-state index contributed by atoms with van der Waals surface area (Å²) < 4.78 is 31.5. The van der Waals surface area contributed by atoms with Crippen LogP contribution in [0.3, 0.4) is 0 Å². The number of nitrogens with zero attached hydrogens (tertiary/aromatic N) is 1. The SMILES string of the molecule is COCCS(=O)(=O)NC1CCCCC1CN(C)C. The molecule has 0 heterocycles. The molecule has 0 saturated heterocycles. The smallest absolute Gasteiger partial charge is 0.214 e. The van der Waals surface area contributed by atoms with E-state index in [4.69, 9.17) is 4.74 Å². The van der Waals surface area contributed by atoms with Crippen LogP contribution < -0.4 is 4.72 Å². The second-order valence-electron chi connectivity index (χ2n) is 5.34. The van der Waals surface area contributed by atoms with E-state index in [0.717, 1.165) is 25.8 Å². The summed E-state index contributed by atoms with van der Waals surface area (Å²) in [7, 11) is 2.38. The zero-order chi connectivity index (χ0) is 13.6. The summed E-state index contributed by atoms with van der Waals surface area (Å²) in [4.78, 5) is 2.13. The van der Waals surface area contributed by atoms with Gasteiger partial charge >= 0.3 is 0 Å². The molecule has 0 aromatic rings. The Bertz CT molecular complexity index is 330. The first-order chi connectivity index (χ1) is 8.44. The average Bonchev–Trinajstić information content (AvgIpc) is 2.28. The van der Waals surface area contributed by atoms with E-state index in [1.54, 1.807) is 0 Å². The van der Waals surface area contributed by atoms with Gasteiger partial charge in [0.25, 0.3) is 0 Å². The molecular weight excluding hydrogens is 252 g/mol. The highest BCUT2D eigenvalue weighted by Crippen LogP contribution is 2.25. The van der Waals surface area contributed by atoms with Crippen molar-refractivity contribution in [2.75, 3.05) is 40.1 Å². The van der Waals surface area contributed by atoms with Crippen LogP contribution in [0.2, 0.25) is 0 Å². The zero-order valence-corrected chi connectivity index (χ0v) is 12.5. The Morgan fingerprint density at radius 2 is 1.94 bits per heavy atom. The van der Waals surface area contributed by atoms with Crippen LogP contribution in [0.1, 0.15) is 25.7 Å². The fraction of sp³-hybridized carbons (Fsp3) is 1.00. The first-order valence-electron chi connectivity index (χ1n) is 6.58. The highest BCUT2D eigenvalue weighted by Gasteiger charge is 2.28. The molecular formula is C12H26N2O3S. The Morgan fingerprint density at radius 3 is 2.56 bits per heavy atom. The number of nitrogens with one attached hydrogen (secondary N) is 1. The lowest BCUT2D eigenvalue weighted by molar-refractivity contribution is 0.213. The number of methoxy groups -OCH3 is 1. The Hall–Kier alpha value is -0.170. The molecule has 18 heavy (non-hydrogen) atoms. The molecule has 0 aromatic carbocycles. The Kier molecular flexibility index (Phi) is 6.55. The van der Waals surface area contributed by atoms with Crippen LogP contribution in [-0.4, -0.2) is 59.5 Å². The van der Waals surface area contributed by atoms with Crippen molar-refractivity contribution in [3.63, 3.8) is 0 Å². The lowest BCUT2D eigenvalue weighted by Gasteiger charge is -2.33. The normalized spacial score (nSPS) is 25.6. The van der Waals surface area contributed by atoms with Crippen molar-refractivity contribution in [3.8, 4) is 0 Å². The molecule has 108 valence electrons. The van der Waals surface area contributed by atoms with Crippen molar-refractivity contribution in [2.45, 2.75) is 31.7 Å². The third kappa shape index (κ3) is 5.65. The molecule has 2 atom stereocenters. The van der Waals surface area contributed by atoms with Gasteiger partial charge in [0.2, 0.25) is 10.0 Å². The van der Waals surface area contributed by atoms with Gasteiger partial charge in [-0.15, -0.1) is 0 Å². The van der Waals surface area contributed by atoms with Crippen LogP contribution in [0.4, 0.5) is 0 Å². The number of sulfonamides is 1. The molecule has 5 nitrogen and oxygen atoms in total. The topological polar surface area (TPSA) is 58.6 Å². The van der Waals surface area contributed by atoms with E-state index in [1.807, 2.05) is 14.1 Å². The fourth-order valence-corrected chi connectivity index (χ4v) is 3.81. The van der Waals surface area contributed by atoms with Gasteiger partial charge < -0.3 is 9.64 Å². The van der Waals surface area contributed by atoms with Crippen LogP contribution >= 0.6 is 0 Å². The molecule has 1 saturated carbocycles. The van der Waals surface area contributed by atoms with Crippen LogP contribution in [-0.2, 0) is 14.8 Å². The maximum absolute atomic E-state index is 11.9. The van der Waals surface area contributed by atoms with E-state index in [-0.39, 0.29) is 18.4 Å². The molecule has 1 N–H and O–H groups in total. The van der Waals surface area contributed by atoms with Crippen molar-refractivity contribution in [1.82, 2.24) is 9.62 Å². The fourth-order valence-electron chi connectivity index (χ4n) is 2.53. The van der Waals surface area contributed by atoms with E-state index in [1.165, 1.54) is 13.5 Å². The van der Waals surface area contributed by atoms with Gasteiger partial charge in [-0.3, -0.25) is 0 Å². The zero-order valence-electron chi connectivity index (χ0n) is 11.7. The highest BCUT2D eigenvalue weighted by atomic mass is 32.2. The van der Waals surface area contributed by atoms with Crippen LogP contribution in [0.5, 0.6) is 0 Å². The maximum atomic E-state index is 11.9. The molecule has 0 bridgehead atoms. The van der Waals surface area contributed by atoms with E-state index < -0.39 is 10.0 Å². The molecule has 0 aromatic heterocycles. The molecule has 0 aliphatic heterocycles. The van der Waals surface area contributed by atoms with Crippen LogP contribution in [0.25, 0.3) is 0 Å². The van der Waals surface area contributed by atoms with Crippen molar-refractivity contribution < 1.29 is 13.2 Å². The van der Waals surface area contributed by atoms with Gasteiger partial charge in [0.15, 0.2) is 0 Å². The molecule has 6 heteroatoms. The third-order valence-corrected chi connectivity index (χ3v) is 4.76. The van der Waals surface area contributed by atoms with E-state index >= 15 is 0 Å². The predicted molar refractivity (Wildman–Crippen MR) is 73.1 cm³/mol. The van der Waals surface area contributed by atoms with E-state index in [9.17, 15) is 8.42 Å². The Balaban J connectivity index is 2.55. The number of ether oxygens (including phenoxy) is 1. The largest absolute Gasteiger partial charge is 0.384 e. The van der Waals surface area contributed by atoms with Gasteiger partial charge in [-0.05, 0) is 32.9 Å². The van der Waals surface area contributed by atoms with E-state index in [0.29, 0.717) is 5.92 Å². The molecule has 0 radical (unpaired) electrons. The first kappa shape index (κ1) is 15.9. The van der Waals surface area contributed by atoms with Gasteiger partial charge in [0, 0.05) is 19.7 Å². The number of hydrogen-bond acceptors (Lipinski definition) is 4. The Labute approximate surface area is 111 Å². The minimum Gasteiger partial charge on any atom is -0.384 e. The number of rotatable bonds is 7. The lowest BCUT2D eigenvalue weighted by Crippen LogP contribution is -2.46. The van der Waals surface area contributed by atoms with Crippen LogP contribution in [0.15, 0.2) is 0 Å². The maximum Gasteiger partial charge on any atom is 0.214 e. The quantitative estimate of drug-likeness (QED) is 0.744. The van der Waals surface area contributed by atoms with Gasteiger partial charge in [-0.25, -0.2) is 13.1 Å². The monoisotopic (exact) mass is 278 g/mol. The average molecular weight is 278 g/mol. The summed E-state index contributed by atoms with van der Waals surface area (Å²) in [6, 6.07) is 0.0861. The second kappa shape index (κ2) is 7.43. The standard InChI is InChI=1S/C12H26N2O3S/c1-14(2)10-11-6-4-5-7-12(11)13-18(15,16)9-8-17-3/h11-13H,4-10H2,1-3H3. The second-order valence-corrected chi connectivity index (χ2v) is 7.22. The van der Waals surface area contributed by atoms with Crippen molar-refractivity contribution in [3.05, 3.63) is 0 Å². The molecule has 0 spiro atoms. The third-order valence-electron chi connectivity index (χ3n) is 3.40. The summed E-state index contributed by atoms with van der Waals surface area (Å²) in [6.45, 7) is 1.19. The molecule has 2 unspecified atom stereocenters. The predicted octanol–water partition coefficient (Wildman–Crippen LogP) is 0.673. The Morgan fingerprint density at radius 1 is 1.28 bits per heavy atom. The van der Waals surface area contributed by atoms with Gasteiger partial charge in [0.1, 0.15) is 0 Å². The first-order valence-corrected chi connectivity index (χ1v) is 8.23. The van der Waals surface area contributed by atoms with Crippen molar-refractivity contribution >= 4 is 10.0 Å². The molecule has 1 fully saturated rings. The van der Waals surface area contributed by atoms with Gasteiger partial charge in [-0.2, -0.15) is 0 Å². The summed E-state index contributed by atoms with van der Waals surface area (Å²) in [5.41, 5.74) is 0. The molecule has 1 aliphatic carbocycles. The van der Waals surface area contributed by atoms with Crippen molar-refractivity contribution in [1.29, 1.82) is 0 Å². The summed E-state index contributed by atoms with van der Waals surface area (Å²) in [6.07, 6.45) is 4.37. The van der Waals surface area contributed by atoms with Crippen molar-refractivity contribution in [2.24, 2.45) is 5.92 Å². The summed E-state index contributed by atoms with van der Waals surface area (Å²) >= 11 is 0. The van der Waals surface area contributed by atoms with Crippen LogP contribution in [0, 0.1) is 5.92 Å². The molecule has 0 amide bonds. The number of hydrogen-bond donors (Lipinski definition) is 1. The lowest BCUT2D eigenvalue weighted by atomic mass is 9.85. The molecule has 1 aliphatic rings. The summed E-state index contributed by atoms with van der Waals surface area (Å²) in [5, 5.41) is 0. The molecule has 1 rings (SSSR count). The van der Waals surface area contributed by atoms with Gasteiger partial charge in [0.05, 0.1) is 12.4 Å². The summed E-state index contributed by atoms with van der Waals surface area (Å²) in [5.74, 6) is 0.473. The van der Waals surface area contributed by atoms with Gasteiger partial charge in [-0.1, -0.05) is 12.8 Å². The minimum absolute atomic E-state index is 0.0503. The highest BCUT2D eigenvalue weighted by molar-refractivity contribution is 7.89. The minimum atomic E-state index is -3.21.